The number of likely N-dealkylation sites (N-methyl/N-ethyl adjacent to an activating group) is 1. The van der Waals surface area contributed by atoms with Crippen molar-refractivity contribution in [2.75, 3.05) is 31.1 Å². The lowest BCUT2D eigenvalue weighted by molar-refractivity contribution is -0.125. The van der Waals surface area contributed by atoms with Crippen molar-refractivity contribution in [2.24, 2.45) is 5.73 Å². The molecule has 0 bridgehead atoms. The number of carbonyl (C=O) groups is 1. The summed E-state index contributed by atoms with van der Waals surface area (Å²) in [6.07, 6.45) is 9.19. The molecule has 142 valence electrons. The Bertz CT molecular complexity index is 862. The fraction of sp³-hybridized carbons (Fsp3) is 0.350. The number of carbonyl (C=O) groups excluding carboxylic acids is 1. The van der Waals surface area contributed by atoms with E-state index in [0.717, 1.165) is 17.5 Å². The van der Waals surface area contributed by atoms with Crippen molar-refractivity contribution in [3.05, 3.63) is 59.3 Å². The molecule has 7 nitrogen and oxygen atoms in total. The molecule has 1 amide bonds. The zero-order valence-electron chi connectivity index (χ0n) is 15.5. The van der Waals surface area contributed by atoms with E-state index in [1.54, 1.807) is 29.6 Å². The molecule has 1 atom stereocenters. The Morgan fingerprint density at radius 3 is 2.89 bits per heavy atom. The number of aromatic nitrogens is 2. The van der Waals surface area contributed by atoms with Gasteiger partial charge in [-0.3, -0.25) is 14.6 Å². The number of nitrogens with one attached hydrogen (secondary N) is 1. The summed E-state index contributed by atoms with van der Waals surface area (Å²) in [7, 11) is 0. The average molecular weight is 367 g/mol. The third-order valence-corrected chi connectivity index (χ3v) is 4.86. The van der Waals surface area contributed by atoms with Crippen molar-refractivity contribution in [2.45, 2.75) is 19.4 Å². The van der Waals surface area contributed by atoms with E-state index in [1.165, 1.54) is 6.08 Å². The maximum absolute atomic E-state index is 12.5. The van der Waals surface area contributed by atoms with Gasteiger partial charge in [-0.1, -0.05) is 6.08 Å². The van der Waals surface area contributed by atoms with Gasteiger partial charge >= 0.3 is 0 Å². The largest absolute Gasteiger partial charge is 0.363 e. The smallest absolute Gasteiger partial charge is 0.271 e. The number of nitrogens with zero attached hydrogens (tertiary/aromatic N) is 3. The Morgan fingerprint density at radius 2 is 2.19 bits per heavy atom. The molecule has 0 spiro atoms. The van der Waals surface area contributed by atoms with Crippen LogP contribution in [-0.4, -0.2) is 53.0 Å². The van der Waals surface area contributed by atoms with Crippen LogP contribution >= 0.6 is 0 Å². The Kier molecular flexibility index (Phi) is 6.03. The molecule has 2 aromatic rings. The zero-order valence-corrected chi connectivity index (χ0v) is 15.5. The number of anilines is 1. The van der Waals surface area contributed by atoms with E-state index in [4.69, 9.17) is 5.73 Å². The summed E-state index contributed by atoms with van der Waals surface area (Å²) in [6.45, 7) is 4.34. The molecule has 0 saturated carbocycles. The molecule has 3 rings (SSSR count). The molecule has 0 aliphatic carbocycles. The highest BCUT2D eigenvalue weighted by Gasteiger charge is 2.30. The van der Waals surface area contributed by atoms with E-state index < -0.39 is 0 Å². The number of amides is 1. The summed E-state index contributed by atoms with van der Waals surface area (Å²) >= 11 is 0. The van der Waals surface area contributed by atoms with E-state index in [1.807, 2.05) is 25.1 Å². The molecule has 27 heavy (non-hydrogen) atoms. The van der Waals surface area contributed by atoms with Crippen LogP contribution in [0.3, 0.4) is 0 Å². The quantitative estimate of drug-likeness (QED) is 0.752. The maximum atomic E-state index is 12.5. The molecular weight excluding hydrogens is 342 g/mol. The molecule has 1 saturated heterocycles. The van der Waals surface area contributed by atoms with Gasteiger partial charge < -0.3 is 20.5 Å². The highest BCUT2D eigenvalue weighted by molar-refractivity contribution is 5.88. The molecule has 1 aliphatic heterocycles. The Labute approximate surface area is 158 Å². The normalized spacial score (nSPS) is 16.8. The summed E-state index contributed by atoms with van der Waals surface area (Å²) in [5.74, 6) is -0.0292. The third kappa shape index (κ3) is 4.25. The van der Waals surface area contributed by atoms with Gasteiger partial charge in [0.25, 0.3) is 5.56 Å². The first-order chi connectivity index (χ1) is 13.1. The third-order valence-electron chi connectivity index (χ3n) is 4.86. The lowest BCUT2D eigenvalue weighted by Crippen LogP contribution is -2.41. The summed E-state index contributed by atoms with van der Waals surface area (Å²) in [6, 6.07) is 5.84. The zero-order chi connectivity index (χ0) is 19.2. The number of nitrogens with two attached hydrogens (primary N) is 1. The first-order valence-corrected chi connectivity index (χ1v) is 9.19. The van der Waals surface area contributed by atoms with Crippen LogP contribution < -0.4 is 16.2 Å². The predicted octanol–water partition coefficient (Wildman–Crippen LogP) is 1.38. The van der Waals surface area contributed by atoms with E-state index in [9.17, 15) is 9.59 Å². The standard InChI is InChI=1S/C20H25N5O2/c1-2-25(17-7-11-24(14-17)19(26)4-3-8-21)18-12-16(13-23-20(18)27)15-5-9-22-10-6-15/h3-6,9-10,12-13,17H,2,7-8,11,14,21H2,1H3,(H,23,27). The van der Waals surface area contributed by atoms with Gasteiger partial charge in [0.15, 0.2) is 0 Å². The summed E-state index contributed by atoms with van der Waals surface area (Å²) < 4.78 is 0. The van der Waals surface area contributed by atoms with E-state index >= 15 is 0 Å². The predicted molar refractivity (Wildman–Crippen MR) is 106 cm³/mol. The first kappa shape index (κ1) is 18.8. The fourth-order valence-corrected chi connectivity index (χ4v) is 3.49. The first-order valence-electron chi connectivity index (χ1n) is 9.19. The number of pyridine rings is 2. The maximum Gasteiger partial charge on any atom is 0.271 e. The van der Waals surface area contributed by atoms with Crippen LogP contribution in [0.25, 0.3) is 11.1 Å². The van der Waals surface area contributed by atoms with E-state index in [0.29, 0.717) is 31.9 Å². The van der Waals surface area contributed by atoms with Gasteiger partial charge in [0.05, 0.1) is 0 Å². The second-order valence-corrected chi connectivity index (χ2v) is 6.49. The molecule has 7 heteroatoms. The number of rotatable bonds is 6. The highest BCUT2D eigenvalue weighted by Crippen LogP contribution is 2.24. The van der Waals surface area contributed by atoms with Gasteiger partial charge in [-0.25, -0.2) is 0 Å². The minimum Gasteiger partial charge on any atom is -0.363 e. The minimum atomic E-state index is -0.123. The van der Waals surface area contributed by atoms with Gasteiger partial charge in [-0.2, -0.15) is 0 Å². The van der Waals surface area contributed by atoms with Gasteiger partial charge in [-0.15, -0.1) is 0 Å². The Hall–Kier alpha value is -2.93. The topological polar surface area (TPSA) is 95.3 Å². The molecule has 1 unspecified atom stereocenters. The summed E-state index contributed by atoms with van der Waals surface area (Å²) in [5.41, 5.74) is 7.85. The van der Waals surface area contributed by atoms with Gasteiger partial charge in [0.2, 0.25) is 5.91 Å². The fourth-order valence-electron chi connectivity index (χ4n) is 3.49. The average Bonchev–Trinajstić information content (AvgIpc) is 3.19. The van der Waals surface area contributed by atoms with Crippen LogP contribution in [0, 0.1) is 0 Å². The van der Waals surface area contributed by atoms with E-state index in [2.05, 4.69) is 14.9 Å². The molecular formula is C20H25N5O2. The van der Waals surface area contributed by atoms with Gasteiger partial charge in [-0.05, 0) is 37.1 Å². The molecule has 0 aromatic carbocycles. The van der Waals surface area contributed by atoms with Crippen LogP contribution in [0.5, 0.6) is 0 Å². The molecule has 3 heterocycles. The van der Waals surface area contributed by atoms with Crippen molar-refractivity contribution in [3.8, 4) is 11.1 Å². The molecule has 1 aliphatic rings. The SMILES string of the molecule is CCN(c1cc(-c2ccncc2)c[nH]c1=O)C1CCN(C(=O)C=CCN)C1. The Balaban J connectivity index is 1.83. The van der Waals surface area contributed by atoms with Crippen molar-refractivity contribution < 1.29 is 4.79 Å². The number of aromatic amines is 1. The second-order valence-electron chi connectivity index (χ2n) is 6.49. The van der Waals surface area contributed by atoms with Gasteiger partial charge in [0, 0.05) is 62.5 Å². The van der Waals surface area contributed by atoms with Crippen molar-refractivity contribution in [1.82, 2.24) is 14.9 Å². The van der Waals surface area contributed by atoms with Crippen molar-refractivity contribution in [3.63, 3.8) is 0 Å². The van der Waals surface area contributed by atoms with Crippen LogP contribution in [0.4, 0.5) is 5.69 Å². The number of hydrogen-bond acceptors (Lipinski definition) is 5. The van der Waals surface area contributed by atoms with Crippen molar-refractivity contribution >= 4 is 11.6 Å². The molecule has 1 fully saturated rings. The molecule has 3 N–H and O–H groups in total. The van der Waals surface area contributed by atoms with Crippen LogP contribution in [0.1, 0.15) is 13.3 Å². The number of likely N-dealkylation sites (tertiary alicyclic amines) is 1. The summed E-state index contributed by atoms with van der Waals surface area (Å²) in [4.78, 5) is 35.5. The van der Waals surface area contributed by atoms with Crippen LogP contribution in [0.15, 0.2) is 53.7 Å². The molecule has 0 radical (unpaired) electrons. The number of H-pyrrole nitrogens is 1. The Morgan fingerprint density at radius 1 is 1.41 bits per heavy atom. The highest BCUT2D eigenvalue weighted by atomic mass is 16.2. The molecule has 2 aromatic heterocycles. The lowest BCUT2D eigenvalue weighted by Gasteiger charge is -2.29. The van der Waals surface area contributed by atoms with Crippen LogP contribution in [0.2, 0.25) is 0 Å². The summed E-state index contributed by atoms with van der Waals surface area (Å²) in [5, 5.41) is 0. The van der Waals surface area contributed by atoms with E-state index in [-0.39, 0.29) is 17.5 Å². The lowest BCUT2D eigenvalue weighted by atomic mass is 10.1. The van der Waals surface area contributed by atoms with Gasteiger partial charge in [0.1, 0.15) is 5.69 Å². The minimum absolute atomic E-state index is 0.0292. The number of hydrogen-bond donors (Lipinski definition) is 2. The van der Waals surface area contributed by atoms with Crippen LogP contribution in [-0.2, 0) is 4.79 Å². The second kappa shape index (κ2) is 8.64. The van der Waals surface area contributed by atoms with Crippen molar-refractivity contribution in [1.29, 1.82) is 0 Å². The monoisotopic (exact) mass is 367 g/mol.